The highest BCUT2D eigenvalue weighted by molar-refractivity contribution is 7.18. The molecule has 2 aromatic carbocycles. The number of rotatable bonds is 8. The summed E-state index contributed by atoms with van der Waals surface area (Å²) in [5, 5.41) is 20.8. The maximum atomic E-state index is 13.1. The fraction of sp³-hybridized carbons (Fsp3) is 0.0870. The van der Waals surface area contributed by atoms with Gasteiger partial charge in [0.25, 0.3) is 5.91 Å². The Hall–Kier alpha value is -3.73. The molecule has 0 saturated carbocycles. The molecule has 1 amide bonds. The zero-order chi connectivity index (χ0) is 23.4. The summed E-state index contributed by atoms with van der Waals surface area (Å²) in [4.78, 5) is 34.2. The van der Waals surface area contributed by atoms with Crippen LogP contribution in [0.2, 0.25) is 0 Å². The van der Waals surface area contributed by atoms with Crippen molar-refractivity contribution in [2.45, 2.75) is 6.54 Å². The third-order valence-corrected chi connectivity index (χ3v) is 5.82. The molecule has 4 aromatic rings. The number of carbonyl (C=O) groups is 2. The van der Waals surface area contributed by atoms with Gasteiger partial charge in [-0.3, -0.25) is 19.9 Å². The minimum atomic E-state index is -1.13. The third-order valence-electron chi connectivity index (χ3n) is 4.78. The number of carboxylic acid groups (broad SMARTS) is 1. The molecule has 35 heavy (non-hydrogen) atoms. The van der Waals surface area contributed by atoms with Crippen molar-refractivity contribution in [3.8, 4) is 0 Å². The largest absolute Gasteiger partial charge is 0.480 e. The number of thiazole rings is 1. The van der Waals surface area contributed by atoms with Gasteiger partial charge in [-0.2, -0.15) is 0 Å². The molecular weight excluding hydrogens is 511 g/mol. The van der Waals surface area contributed by atoms with Crippen LogP contribution in [-0.4, -0.2) is 39.3 Å². The molecule has 0 fully saturated rings. The van der Waals surface area contributed by atoms with Gasteiger partial charge in [-0.15, -0.1) is 36.2 Å². The standard InChI is InChI=1S/C23H20N6O3S.2ClH/c24-22(25)14-4-7-16(8-5-14)27-12-20-28-17-11-15(6-9-18(17)33-20)23(32)29(13-21(30)31)19-3-1-2-10-26-19;;/h1-11,27H,12-13H2,(H3,24,25)(H,30,31);2*1H. The number of halogens is 2. The molecule has 0 spiro atoms. The fourth-order valence-corrected chi connectivity index (χ4v) is 4.08. The zero-order valence-electron chi connectivity index (χ0n) is 18.2. The van der Waals surface area contributed by atoms with Gasteiger partial charge in [-0.1, -0.05) is 6.07 Å². The van der Waals surface area contributed by atoms with Crippen LogP contribution in [-0.2, 0) is 11.3 Å². The molecule has 0 aliphatic heterocycles. The summed E-state index contributed by atoms with van der Waals surface area (Å²) in [5.74, 6) is -1.31. The quantitative estimate of drug-likeness (QED) is 0.197. The van der Waals surface area contributed by atoms with Gasteiger partial charge in [0.2, 0.25) is 0 Å². The predicted octanol–water partition coefficient (Wildman–Crippen LogP) is 4.16. The molecule has 0 unspecified atom stereocenters. The van der Waals surface area contributed by atoms with Crippen LogP contribution in [0, 0.1) is 5.41 Å². The molecule has 0 radical (unpaired) electrons. The van der Waals surface area contributed by atoms with E-state index in [-0.39, 0.29) is 36.5 Å². The predicted molar refractivity (Wildman–Crippen MR) is 142 cm³/mol. The average molecular weight is 533 g/mol. The minimum absolute atomic E-state index is 0. The van der Waals surface area contributed by atoms with Crippen molar-refractivity contribution in [1.29, 1.82) is 5.41 Å². The number of nitrogens with zero attached hydrogens (tertiary/aromatic N) is 3. The summed E-state index contributed by atoms with van der Waals surface area (Å²) in [6.45, 7) is -0.0103. The van der Waals surface area contributed by atoms with Gasteiger partial charge < -0.3 is 16.2 Å². The molecule has 5 N–H and O–H groups in total. The molecule has 2 aromatic heterocycles. The number of fused-ring (bicyclic) bond motifs is 1. The Kier molecular flexibility index (Phi) is 9.52. The number of nitrogens with two attached hydrogens (primary N) is 1. The van der Waals surface area contributed by atoms with Crippen molar-refractivity contribution in [3.63, 3.8) is 0 Å². The lowest BCUT2D eigenvalue weighted by Gasteiger charge is -2.19. The van der Waals surface area contributed by atoms with Crippen LogP contribution in [0.1, 0.15) is 20.9 Å². The third kappa shape index (κ3) is 6.66. The number of amidine groups is 1. The topological polar surface area (TPSA) is 145 Å². The lowest BCUT2D eigenvalue weighted by molar-refractivity contribution is -0.135. The highest BCUT2D eigenvalue weighted by Crippen LogP contribution is 2.25. The van der Waals surface area contributed by atoms with E-state index in [1.807, 2.05) is 18.2 Å². The molecule has 0 aliphatic rings. The number of carboxylic acids is 1. The van der Waals surface area contributed by atoms with Crippen molar-refractivity contribution < 1.29 is 14.7 Å². The average Bonchev–Trinajstić information content (AvgIpc) is 3.23. The normalized spacial score (nSPS) is 10.1. The lowest BCUT2D eigenvalue weighted by Crippen LogP contribution is -2.36. The maximum Gasteiger partial charge on any atom is 0.323 e. The molecule has 182 valence electrons. The van der Waals surface area contributed by atoms with E-state index in [9.17, 15) is 14.7 Å². The van der Waals surface area contributed by atoms with E-state index in [1.54, 1.807) is 42.5 Å². The van der Waals surface area contributed by atoms with Gasteiger partial charge in [0.05, 0.1) is 16.8 Å². The van der Waals surface area contributed by atoms with Gasteiger partial charge in [-0.25, -0.2) is 9.97 Å². The number of pyridine rings is 1. The van der Waals surface area contributed by atoms with E-state index < -0.39 is 18.4 Å². The number of carbonyl (C=O) groups excluding carboxylic acids is 1. The van der Waals surface area contributed by atoms with Gasteiger partial charge in [0.15, 0.2) is 0 Å². The van der Waals surface area contributed by atoms with Crippen LogP contribution in [0.15, 0.2) is 66.9 Å². The number of aromatic nitrogens is 2. The number of anilines is 2. The lowest BCUT2D eigenvalue weighted by atomic mass is 10.2. The van der Waals surface area contributed by atoms with Crippen LogP contribution in [0.4, 0.5) is 11.5 Å². The summed E-state index contributed by atoms with van der Waals surface area (Å²) < 4.78 is 0.915. The molecule has 0 aliphatic carbocycles. The van der Waals surface area contributed by atoms with E-state index in [4.69, 9.17) is 11.1 Å². The monoisotopic (exact) mass is 532 g/mol. The van der Waals surface area contributed by atoms with E-state index in [0.29, 0.717) is 23.2 Å². The van der Waals surface area contributed by atoms with Crippen molar-refractivity contribution in [2.24, 2.45) is 5.73 Å². The van der Waals surface area contributed by atoms with Gasteiger partial charge in [0, 0.05) is 23.0 Å². The minimum Gasteiger partial charge on any atom is -0.480 e. The number of amides is 1. The second kappa shape index (κ2) is 12.1. The first-order chi connectivity index (χ1) is 15.9. The highest BCUT2D eigenvalue weighted by Gasteiger charge is 2.22. The van der Waals surface area contributed by atoms with E-state index in [0.717, 1.165) is 20.3 Å². The van der Waals surface area contributed by atoms with Crippen LogP contribution >= 0.6 is 36.2 Å². The van der Waals surface area contributed by atoms with E-state index in [1.165, 1.54) is 17.5 Å². The Morgan fingerprint density at radius 2 is 1.77 bits per heavy atom. The highest BCUT2D eigenvalue weighted by atomic mass is 35.5. The molecule has 0 atom stereocenters. The maximum absolute atomic E-state index is 13.1. The Balaban J connectivity index is 0.00000216. The molecule has 2 heterocycles. The first-order valence-corrected chi connectivity index (χ1v) is 10.7. The van der Waals surface area contributed by atoms with Gasteiger partial charge in [-0.05, 0) is 54.6 Å². The van der Waals surface area contributed by atoms with Crippen LogP contribution in [0.25, 0.3) is 10.2 Å². The second-order valence-corrected chi connectivity index (χ2v) is 8.22. The number of hydrogen-bond donors (Lipinski definition) is 4. The Bertz CT molecular complexity index is 1330. The Morgan fingerprint density at radius 1 is 1.06 bits per heavy atom. The summed E-state index contributed by atoms with van der Waals surface area (Å²) in [6.07, 6.45) is 1.51. The summed E-state index contributed by atoms with van der Waals surface area (Å²) in [7, 11) is 0. The fourth-order valence-electron chi connectivity index (χ4n) is 3.19. The summed E-state index contributed by atoms with van der Waals surface area (Å²) in [6, 6.07) is 17.3. The number of nitrogen functional groups attached to an aromatic ring is 1. The van der Waals surface area contributed by atoms with Gasteiger partial charge >= 0.3 is 5.97 Å². The molecule has 0 saturated heterocycles. The summed E-state index contributed by atoms with van der Waals surface area (Å²) >= 11 is 1.50. The number of hydrogen-bond acceptors (Lipinski definition) is 7. The SMILES string of the molecule is Cl.Cl.N=C(N)c1ccc(NCc2nc3cc(C(=O)N(CC(=O)O)c4ccccn4)ccc3s2)cc1. The van der Waals surface area contributed by atoms with Crippen molar-refractivity contribution in [1.82, 2.24) is 9.97 Å². The summed E-state index contributed by atoms with van der Waals surface area (Å²) in [5.41, 5.74) is 7.99. The zero-order valence-corrected chi connectivity index (χ0v) is 20.6. The Labute approximate surface area is 217 Å². The molecule has 12 heteroatoms. The van der Waals surface area contributed by atoms with Crippen molar-refractivity contribution in [3.05, 3.63) is 83.0 Å². The number of aliphatic carboxylic acids is 1. The molecular formula is C23H22Cl2N6O3S. The van der Waals surface area contributed by atoms with Crippen LogP contribution in [0.3, 0.4) is 0 Å². The van der Waals surface area contributed by atoms with E-state index >= 15 is 0 Å². The Morgan fingerprint density at radius 3 is 2.40 bits per heavy atom. The number of nitrogens with one attached hydrogen (secondary N) is 2. The van der Waals surface area contributed by atoms with E-state index in [2.05, 4.69) is 15.3 Å². The molecule has 4 rings (SSSR count). The first kappa shape index (κ1) is 27.5. The first-order valence-electron chi connectivity index (χ1n) is 9.93. The van der Waals surface area contributed by atoms with Crippen molar-refractivity contribution in [2.75, 3.05) is 16.8 Å². The van der Waals surface area contributed by atoms with Crippen molar-refractivity contribution >= 4 is 75.6 Å². The van der Waals surface area contributed by atoms with Gasteiger partial charge in [0.1, 0.15) is 23.2 Å². The molecule has 0 bridgehead atoms. The smallest absolute Gasteiger partial charge is 0.323 e. The number of benzene rings is 2. The molecule has 9 nitrogen and oxygen atoms in total. The van der Waals surface area contributed by atoms with Crippen LogP contribution < -0.4 is 16.0 Å². The second-order valence-electron chi connectivity index (χ2n) is 7.11. The van der Waals surface area contributed by atoms with Crippen LogP contribution in [0.5, 0.6) is 0 Å².